The summed E-state index contributed by atoms with van der Waals surface area (Å²) in [6, 6.07) is 10.7. The highest BCUT2D eigenvalue weighted by atomic mass is 19.1. The van der Waals surface area contributed by atoms with Gasteiger partial charge in [-0.1, -0.05) is 24.3 Å². The predicted octanol–water partition coefficient (Wildman–Crippen LogP) is 3.00. The van der Waals surface area contributed by atoms with Gasteiger partial charge in [0.2, 0.25) is 0 Å². The number of nitro benzene ring substituents is 1. The lowest BCUT2D eigenvalue weighted by Gasteiger charge is -2.14. The van der Waals surface area contributed by atoms with E-state index >= 15 is 0 Å². The van der Waals surface area contributed by atoms with Gasteiger partial charge in [-0.2, -0.15) is 0 Å². The summed E-state index contributed by atoms with van der Waals surface area (Å²) in [5.41, 5.74) is 0.750. The number of nitro groups is 1. The second kappa shape index (κ2) is 8.37. The van der Waals surface area contributed by atoms with Gasteiger partial charge in [-0.05, 0) is 19.1 Å². The van der Waals surface area contributed by atoms with E-state index in [-0.39, 0.29) is 31.3 Å². The van der Waals surface area contributed by atoms with Crippen molar-refractivity contribution in [2.45, 2.75) is 19.6 Å². The van der Waals surface area contributed by atoms with Crippen LogP contribution in [-0.4, -0.2) is 29.3 Å². The fourth-order valence-corrected chi connectivity index (χ4v) is 2.11. The highest BCUT2D eigenvalue weighted by molar-refractivity contribution is 5.48. The van der Waals surface area contributed by atoms with Gasteiger partial charge in [0.1, 0.15) is 24.3 Å². The maximum Gasteiger partial charge on any atom is 0.276 e. The number of rotatable bonds is 8. The van der Waals surface area contributed by atoms with Crippen molar-refractivity contribution in [2.75, 3.05) is 13.2 Å². The summed E-state index contributed by atoms with van der Waals surface area (Å²) >= 11 is 0. The van der Waals surface area contributed by atoms with Crippen LogP contribution in [0.1, 0.15) is 11.1 Å². The molecule has 1 N–H and O–H groups in total. The van der Waals surface area contributed by atoms with Crippen LogP contribution >= 0.6 is 0 Å². The minimum atomic E-state index is -0.935. The number of benzene rings is 2. The molecule has 0 bridgehead atoms. The molecule has 24 heavy (non-hydrogen) atoms. The molecule has 6 nitrogen and oxygen atoms in total. The average molecular weight is 335 g/mol. The number of aliphatic hydroxyl groups is 1. The van der Waals surface area contributed by atoms with Crippen LogP contribution in [0.25, 0.3) is 0 Å². The molecular formula is C17H18FNO5. The molecule has 0 aliphatic rings. The lowest BCUT2D eigenvalue weighted by atomic mass is 10.2. The first kappa shape index (κ1) is 17.8. The number of nitrogens with zero attached hydrogens (tertiary/aromatic N) is 1. The van der Waals surface area contributed by atoms with E-state index in [1.807, 2.05) is 0 Å². The Labute approximate surface area is 138 Å². The summed E-state index contributed by atoms with van der Waals surface area (Å²) in [6.07, 6.45) is -0.935. The van der Waals surface area contributed by atoms with Crippen LogP contribution in [0, 0.1) is 22.9 Å². The van der Waals surface area contributed by atoms with Gasteiger partial charge in [0.15, 0.2) is 0 Å². The van der Waals surface area contributed by atoms with E-state index in [0.29, 0.717) is 16.9 Å². The zero-order valence-electron chi connectivity index (χ0n) is 13.1. The zero-order valence-corrected chi connectivity index (χ0v) is 13.1. The van der Waals surface area contributed by atoms with E-state index in [4.69, 9.17) is 9.47 Å². The molecule has 0 saturated heterocycles. The summed E-state index contributed by atoms with van der Waals surface area (Å²) in [4.78, 5) is 10.4. The fourth-order valence-electron chi connectivity index (χ4n) is 2.11. The molecule has 7 heteroatoms. The molecule has 128 valence electrons. The van der Waals surface area contributed by atoms with E-state index in [1.165, 1.54) is 18.2 Å². The predicted molar refractivity (Wildman–Crippen MR) is 85.4 cm³/mol. The van der Waals surface area contributed by atoms with Crippen LogP contribution in [0.15, 0.2) is 42.5 Å². The molecule has 2 rings (SSSR count). The average Bonchev–Trinajstić information content (AvgIpc) is 2.55. The summed E-state index contributed by atoms with van der Waals surface area (Å²) in [5, 5.41) is 20.7. The largest absolute Gasteiger partial charge is 0.490 e. The Morgan fingerprint density at radius 3 is 2.67 bits per heavy atom. The maximum absolute atomic E-state index is 13.4. The molecule has 2 aromatic rings. The number of hydrogen-bond donors (Lipinski definition) is 1. The van der Waals surface area contributed by atoms with Crippen molar-refractivity contribution in [3.05, 3.63) is 69.5 Å². The third kappa shape index (κ3) is 4.74. The number of ether oxygens (including phenoxy) is 2. The molecule has 0 radical (unpaired) electrons. The maximum atomic E-state index is 13.4. The molecular weight excluding hydrogens is 317 g/mol. The Balaban J connectivity index is 1.81. The van der Waals surface area contributed by atoms with E-state index < -0.39 is 11.0 Å². The van der Waals surface area contributed by atoms with Crippen molar-refractivity contribution in [2.24, 2.45) is 0 Å². The first-order chi connectivity index (χ1) is 11.5. The van der Waals surface area contributed by atoms with Crippen LogP contribution in [0.3, 0.4) is 0 Å². The molecule has 0 amide bonds. The lowest BCUT2D eigenvalue weighted by molar-refractivity contribution is -0.385. The Bertz CT molecular complexity index is 707. The minimum absolute atomic E-state index is 0.0394. The van der Waals surface area contributed by atoms with Crippen LogP contribution < -0.4 is 4.74 Å². The number of halogens is 1. The van der Waals surface area contributed by atoms with Crippen LogP contribution in [0.2, 0.25) is 0 Å². The Morgan fingerprint density at radius 2 is 1.96 bits per heavy atom. The van der Waals surface area contributed by atoms with Gasteiger partial charge in [0.05, 0.1) is 23.7 Å². The summed E-state index contributed by atoms with van der Waals surface area (Å²) in [6.45, 7) is 1.50. The fraction of sp³-hybridized carbons (Fsp3) is 0.294. The Morgan fingerprint density at radius 1 is 1.21 bits per heavy atom. The molecule has 0 aliphatic carbocycles. The van der Waals surface area contributed by atoms with Crippen LogP contribution in [0.4, 0.5) is 10.1 Å². The van der Waals surface area contributed by atoms with Crippen molar-refractivity contribution < 1.29 is 23.9 Å². The molecule has 1 unspecified atom stereocenters. The van der Waals surface area contributed by atoms with Gasteiger partial charge < -0.3 is 14.6 Å². The molecule has 0 aromatic heterocycles. The number of aliphatic hydroxyl groups excluding tert-OH is 1. The topological polar surface area (TPSA) is 81.8 Å². The molecule has 0 heterocycles. The third-order valence-electron chi connectivity index (χ3n) is 3.41. The summed E-state index contributed by atoms with van der Waals surface area (Å²) in [5.74, 6) is -0.0344. The zero-order chi connectivity index (χ0) is 17.5. The third-order valence-corrected chi connectivity index (χ3v) is 3.41. The van der Waals surface area contributed by atoms with E-state index in [9.17, 15) is 19.6 Å². The second-order valence-corrected chi connectivity index (χ2v) is 5.23. The second-order valence-electron chi connectivity index (χ2n) is 5.23. The molecule has 1 atom stereocenters. The van der Waals surface area contributed by atoms with Gasteiger partial charge >= 0.3 is 0 Å². The van der Waals surface area contributed by atoms with Crippen molar-refractivity contribution >= 4 is 5.69 Å². The van der Waals surface area contributed by atoms with E-state index in [1.54, 1.807) is 31.2 Å². The summed E-state index contributed by atoms with van der Waals surface area (Å²) < 4.78 is 24.1. The highest BCUT2D eigenvalue weighted by Gasteiger charge is 2.15. The van der Waals surface area contributed by atoms with Crippen molar-refractivity contribution in [3.63, 3.8) is 0 Å². The molecule has 0 aliphatic heterocycles. The number of hydrogen-bond acceptors (Lipinski definition) is 5. The standard InChI is InChI=1S/C17H18FNO5/c1-12-16(19(21)22)7-4-8-17(12)24-11-14(20)10-23-9-13-5-2-3-6-15(13)18/h2-8,14,20H,9-11H2,1H3. The summed E-state index contributed by atoms with van der Waals surface area (Å²) in [7, 11) is 0. The quantitative estimate of drug-likeness (QED) is 0.592. The van der Waals surface area contributed by atoms with Gasteiger partial charge in [-0.15, -0.1) is 0 Å². The van der Waals surface area contributed by atoms with E-state index in [0.717, 1.165) is 0 Å². The molecule has 2 aromatic carbocycles. The first-order valence-corrected chi connectivity index (χ1v) is 7.35. The highest BCUT2D eigenvalue weighted by Crippen LogP contribution is 2.27. The molecule has 0 spiro atoms. The monoisotopic (exact) mass is 335 g/mol. The molecule has 0 fully saturated rings. The van der Waals surface area contributed by atoms with Crippen LogP contribution in [-0.2, 0) is 11.3 Å². The van der Waals surface area contributed by atoms with Crippen LogP contribution in [0.5, 0.6) is 5.75 Å². The van der Waals surface area contributed by atoms with Crippen molar-refractivity contribution in [1.29, 1.82) is 0 Å². The van der Waals surface area contributed by atoms with Crippen molar-refractivity contribution in [3.8, 4) is 5.75 Å². The smallest absolute Gasteiger partial charge is 0.276 e. The lowest BCUT2D eigenvalue weighted by Crippen LogP contribution is -2.23. The SMILES string of the molecule is Cc1c(OCC(O)COCc2ccccc2F)cccc1[N+](=O)[O-]. The Hall–Kier alpha value is -2.51. The Kier molecular flexibility index (Phi) is 6.22. The molecule has 0 saturated carbocycles. The van der Waals surface area contributed by atoms with Gasteiger partial charge in [-0.3, -0.25) is 10.1 Å². The van der Waals surface area contributed by atoms with Gasteiger partial charge in [0.25, 0.3) is 5.69 Å². The normalized spacial score (nSPS) is 12.0. The first-order valence-electron chi connectivity index (χ1n) is 7.35. The van der Waals surface area contributed by atoms with E-state index in [2.05, 4.69) is 0 Å². The minimum Gasteiger partial charge on any atom is -0.490 e. The van der Waals surface area contributed by atoms with Gasteiger partial charge in [-0.25, -0.2) is 4.39 Å². The van der Waals surface area contributed by atoms with Gasteiger partial charge in [0, 0.05) is 11.6 Å². The van der Waals surface area contributed by atoms with Crippen molar-refractivity contribution in [1.82, 2.24) is 0 Å².